The number of thiocarbonyl (C=S) groups is 1. The van der Waals surface area contributed by atoms with Crippen LogP contribution < -0.4 is 10.2 Å². The molecular weight excluding hydrogens is 298 g/mol. The van der Waals surface area contributed by atoms with Crippen molar-refractivity contribution in [2.24, 2.45) is 0 Å². The van der Waals surface area contributed by atoms with Crippen molar-refractivity contribution in [2.75, 3.05) is 44.2 Å². The SMILES string of the molecule is Oc1ccc(N2CCN(C(=S)NC[C@H]3CCCO3)CC2)cc1. The van der Waals surface area contributed by atoms with Crippen molar-refractivity contribution in [3.63, 3.8) is 0 Å². The molecule has 6 heteroatoms. The van der Waals surface area contributed by atoms with Crippen LogP contribution in [0.1, 0.15) is 12.8 Å². The van der Waals surface area contributed by atoms with Gasteiger partial charge in [-0.1, -0.05) is 0 Å². The molecule has 1 aromatic rings. The molecule has 0 spiro atoms. The van der Waals surface area contributed by atoms with Gasteiger partial charge in [0.05, 0.1) is 6.10 Å². The summed E-state index contributed by atoms with van der Waals surface area (Å²) in [4.78, 5) is 4.54. The molecule has 0 radical (unpaired) electrons. The lowest BCUT2D eigenvalue weighted by Crippen LogP contribution is -2.52. The van der Waals surface area contributed by atoms with Crippen LogP contribution in [-0.2, 0) is 4.74 Å². The third-order valence-corrected chi connectivity index (χ3v) is 4.69. The molecule has 0 amide bonds. The number of nitrogens with one attached hydrogen (secondary N) is 1. The molecular formula is C16H23N3O2S. The van der Waals surface area contributed by atoms with Gasteiger partial charge in [-0.15, -0.1) is 0 Å². The first-order chi connectivity index (χ1) is 10.7. The van der Waals surface area contributed by atoms with Gasteiger partial charge in [-0.25, -0.2) is 0 Å². The molecule has 1 atom stereocenters. The van der Waals surface area contributed by atoms with Crippen LogP contribution in [0.5, 0.6) is 5.75 Å². The lowest BCUT2D eigenvalue weighted by molar-refractivity contribution is 0.113. The van der Waals surface area contributed by atoms with Crippen molar-refractivity contribution in [1.82, 2.24) is 10.2 Å². The van der Waals surface area contributed by atoms with E-state index in [0.717, 1.165) is 63.0 Å². The summed E-state index contributed by atoms with van der Waals surface area (Å²) in [5.41, 5.74) is 1.15. The highest BCUT2D eigenvalue weighted by Crippen LogP contribution is 2.19. The van der Waals surface area contributed by atoms with Crippen LogP contribution in [-0.4, -0.2) is 60.6 Å². The van der Waals surface area contributed by atoms with Crippen LogP contribution >= 0.6 is 12.2 Å². The topological polar surface area (TPSA) is 48.0 Å². The molecule has 2 aliphatic heterocycles. The van der Waals surface area contributed by atoms with Gasteiger partial charge < -0.3 is 25.0 Å². The number of hydrogen-bond donors (Lipinski definition) is 2. The highest BCUT2D eigenvalue weighted by Gasteiger charge is 2.21. The van der Waals surface area contributed by atoms with E-state index in [1.807, 2.05) is 12.1 Å². The molecule has 5 nitrogen and oxygen atoms in total. The molecule has 120 valence electrons. The summed E-state index contributed by atoms with van der Waals surface area (Å²) >= 11 is 5.49. The summed E-state index contributed by atoms with van der Waals surface area (Å²) in [6, 6.07) is 7.38. The summed E-state index contributed by atoms with van der Waals surface area (Å²) < 4.78 is 5.61. The molecule has 3 rings (SSSR count). The van der Waals surface area contributed by atoms with Crippen LogP contribution in [0.2, 0.25) is 0 Å². The number of nitrogens with zero attached hydrogens (tertiary/aromatic N) is 2. The molecule has 2 N–H and O–H groups in total. The molecule has 0 aliphatic carbocycles. The second-order valence-corrected chi connectivity index (χ2v) is 6.20. The molecule has 0 bridgehead atoms. The van der Waals surface area contributed by atoms with Crippen molar-refractivity contribution in [2.45, 2.75) is 18.9 Å². The van der Waals surface area contributed by atoms with Gasteiger partial charge in [0.25, 0.3) is 0 Å². The fraction of sp³-hybridized carbons (Fsp3) is 0.562. The standard InChI is InChI=1S/C16H23N3O2S/c20-14-5-3-13(4-6-14)18-7-9-19(10-8-18)16(22)17-12-15-2-1-11-21-15/h3-6,15,20H,1-2,7-12H2,(H,17,22)/t15-/m1/s1. The van der Waals surface area contributed by atoms with E-state index in [1.54, 1.807) is 12.1 Å². The monoisotopic (exact) mass is 321 g/mol. The molecule has 22 heavy (non-hydrogen) atoms. The zero-order chi connectivity index (χ0) is 15.4. The van der Waals surface area contributed by atoms with Crippen LogP contribution in [0.25, 0.3) is 0 Å². The molecule has 0 unspecified atom stereocenters. The van der Waals surface area contributed by atoms with Gasteiger partial charge in [0.2, 0.25) is 0 Å². The number of benzene rings is 1. The van der Waals surface area contributed by atoms with Gasteiger partial charge in [-0.05, 0) is 49.3 Å². The molecule has 1 aromatic carbocycles. The highest BCUT2D eigenvalue weighted by molar-refractivity contribution is 7.80. The predicted octanol–water partition coefficient (Wildman–Crippen LogP) is 1.57. The predicted molar refractivity (Wildman–Crippen MR) is 91.5 cm³/mol. The Morgan fingerprint density at radius 2 is 1.95 bits per heavy atom. The summed E-state index contributed by atoms with van der Waals surface area (Å²) in [6.07, 6.45) is 2.60. The Kier molecular flexibility index (Phi) is 5.00. The van der Waals surface area contributed by atoms with Crippen LogP contribution in [0.4, 0.5) is 5.69 Å². The summed E-state index contributed by atoms with van der Waals surface area (Å²) in [6.45, 7) is 5.40. The summed E-state index contributed by atoms with van der Waals surface area (Å²) in [7, 11) is 0. The van der Waals surface area contributed by atoms with Crippen molar-refractivity contribution < 1.29 is 9.84 Å². The van der Waals surface area contributed by atoms with E-state index in [-0.39, 0.29) is 0 Å². The third kappa shape index (κ3) is 3.81. The number of phenolic OH excluding ortho intramolecular Hbond substituents is 1. The maximum Gasteiger partial charge on any atom is 0.169 e. The van der Waals surface area contributed by atoms with E-state index >= 15 is 0 Å². The number of ether oxygens (including phenoxy) is 1. The highest BCUT2D eigenvalue weighted by atomic mass is 32.1. The van der Waals surface area contributed by atoms with Crippen LogP contribution in [0.3, 0.4) is 0 Å². The molecule has 0 saturated carbocycles. The van der Waals surface area contributed by atoms with E-state index in [9.17, 15) is 5.11 Å². The average molecular weight is 321 g/mol. The van der Waals surface area contributed by atoms with E-state index in [4.69, 9.17) is 17.0 Å². The first-order valence-corrected chi connectivity index (χ1v) is 8.31. The van der Waals surface area contributed by atoms with E-state index in [2.05, 4.69) is 15.1 Å². The summed E-state index contributed by atoms with van der Waals surface area (Å²) in [5.74, 6) is 0.307. The second-order valence-electron chi connectivity index (χ2n) is 5.81. The molecule has 2 heterocycles. The number of rotatable bonds is 3. The van der Waals surface area contributed by atoms with Crippen molar-refractivity contribution >= 4 is 23.0 Å². The number of piperazine rings is 1. The fourth-order valence-corrected chi connectivity index (χ4v) is 3.22. The van der Waals surface area contributed by atoms with Gasteiger partial charge in [-0.3, -0.25) is 0 Å². The maximum atomic E-state index is 9.36. The molecule has 2 saturated heterocycles. The van der Waals surface area contributed by atoms with Gasteiger partial charge in [0.15, 0.2) is 5.11 Å². The third-order valence-electron chi connectivity index (χ3n) is 4.29. The second kappa shape index (κ2) is 7.15. The Bertz CT molecular complexity index is 495. The Morgan fingerprint density at radius 3 is 2.59 bits per heavy atom. The lowest BCUT2D eigenvalue weighted by atomic mass is 10.2. The van der Waals surface area contributed by atoms with Gasteiger partial charge in [-0.2, -0.15) is 0 Å². The largest absolute Gasteiger partial charge is 0.508 e. The minimum Gasteiger partial charge on any atom is -0.508 e. The van der Waals surface area contributed by atoms with Gasteiger partial charge in [0, 0.05) is 45.0 Å². The fourth-order valence-electron chi connectivity index (χ4n) is 2.95. The van der Waals surface area contributed by atoms with E-state index in [1.165, 1.54) is 0 Å². The Balaban J connectivity index is 1.44. The Hall–Kier alpha value is -1.53. The van der Waals surface area contributed by atoms with Crippen molar-refractivity contribution in [3.8, 4) is 5.75 Å². The van der Waals surface area contributed by atoms with E-state index < -0.39 is 0 Å². The quantitative estimate of drug-likeness (QED) is 0.824. The van der Waals surface area contributed by atoms with Gasteiger partial charge >= 0.3 is 0 Å². The zero-order valence-electron chi connectivity index (χ0n) is 12.7. The first kappa shape index (κ1) is 15.4. The minimum atomic E-state index is 0.307. The van der Waals surface area contributed by atoms with Crippen LogP contribution in [0, 0.1) is 0 Å². The number of hydrogen-bond acceptors (Lipinski definition) is 4. The van der Waals surface area contributed by atoms with Crippen LogP contribution in [0.15, 0.2) is 24.3 Å². The molecule has 2 aliphatic rings. The summed E-state index contributed by atoms with van der Waals surface area (Å²) in [5, 5.41) is 13.5. The van der Waals surface area contributed by atoms with E-state index in [0.29, 0.717) is 11.9 Å². The Morgan fingerprint density at radius 1 is 1.23 bits per heavy atom. The van der Waals surface area contributed by atoms with Gasteiger partial charge in [0.1, 0.15) is 5.75 Å². The smallest absolute Gasteiger partial charge is 0.169 e. The lowest BCUT2D eigenvalue weighted by Gasteiger charge is -2.37. The first-order valence-electron chi connectivity index (χ1n) is 7.91. The normalized spacial score (nSPS) is 21.9. The average Bonchev–Trinajstić information content (AvgIpc) is 3.07. The number of anilines is 1. The Labute approximate surface area is 136 Å². The maximum absolute atomic E-state index is 9.36. The van der Waals surface area contributed by atoms with Crippen molar-refractivity contribution in [1.29, 1.82) is 0 Å². The molecule has 2 fully saturated rings. The number of phenols is 1. The minimum absolute atomic E-state index is 0.307. The molecule has 0 aromatic heterocycles. The number of aromatic hydroxyl groups is 1. The zero-order valence-corrected chi connectivity index (χ0v) is 13.5. The van der Waals surface area contributed by atoms with Crippen molar-refractivity contribution in [3.05, 3.63) is 24.3 Å².